The summed E-state index contributed by atoms with van der Waals surface area (Å²) in [5, 5.41) is 13.5. The van der Waals surface area contributed by atoms with Gasteiger partial charge in [0, 0.05) is 28.6 Å². The maximum absolute atomic E-state index is 13.6. The summed E-state index contributed by atoms with van der Waals surface area (Å²) < 4.78 is 36.5. The summed E-state index contributed by atoms with van der Waals surface area (Å²) in [6.07, 6.45) is -1.01. The van der Waals surface area contributed by atoms with E-state index in [9.17, 15) is 28.3 Å². The molecule has 0 fully saturated rings. The van der Waals surface area contributed by atoms with E-state index < -0.39 is 28.9 Å². The lowest BCUT2D eigenvalue weighted by atomic mass is 10.2. The fraction of sp³-hybridized carbons (Fsp3) is 0.160. The van der Waals surface area contributed by atoms with Gasteiger partial charge in [0.1, 0.15) is 22.6 Å². The summed E-state index contributed by atoms with van der Waals surface area (Å²) in [5.41, 5.74) is 0.719. The zero-order valence-electron chi connectivity index (χ0n) is 19.0. The third-order valence-electron chi connectivity index (χ3n) is 4.80. The number of benzene rings is 3. The first-order chi connectivity index (χ1) is 17.2. The first-order valence-corrected chi connectivity index (χ1v) is 11.5. The Kier molecular flexibility index (Phi) is 9.23. The normalized spacial score (nSPS) is 11.3. The van der Waals surface area contributed by atoms with E-state index in [0.29, 0.717) is 28.0 Å². The maximum atomic E-state index is 13.6. The van der Waals surface area contributed by atoms with Gasteiger partial charge in [0.2, 0.25) is 0 Å². The van der Waals surface area contributed by atoms with Crippen molar-refractivity contribution in [3.05, 3.63) is 83.9 Å². The lowest BCUT2D eigenvalue weighted by molar-refractivity contribution is -0.136. The van der Waals surface area contributed by atoms with Crippen LogP contribution in [0.25, 0.3) is 0 Å². The van der Waals surface area contributed by atoms with Gasteiger partial charge in [0.15, 0.2) is 0 Å². The van der Waals surface area contributed by atoms with E-state index in [2.05, 4.69) is 10.6 Å². The van der Waals surface area contributed by atoms with E-state index in [1.165, 1.54) is 7.11 Å². The summed E-state index contributed by atoms with van der Waals surface area (Å²) in [4.78, 5) is 36.5. The van der Waals surface area contributed by atoms with Gasteiger partial charge in [0.25, 0.3) is 5.91 Å². The molecule has 2 amide bonds. The Morgan fingerprint density at radius 3 is 2.28 bits per heavy atom. The Bertz CT molecular complexity index is 1220. The van der Waals surface area contributed by atoms with E-state index in [0.717, 1.165) is 23.9 Å². The second-order valence-corrected chi connectivity index (χ2v) is 8.60. The number of carbonyl (C=O) groups is 3. The monoisotopic (exact) mass is 516 g/mol. The molecule has 11 heteroatoms. The minimum Gasteiger partial charge on any atom is -0.497 e. The Morgan fingerprint density at radius 2 is 1.67 bits per heavy atom. The number of halogens is 2. The molecule has 0 radical (unpaired) electrons. The van der Waals surface area contributed by atoms with Crippen molar-refractivity contribution in [3.8, 4) is 5.75 Å². The van der Waals surface area contributed by atoms with E-state index in [4.69, 9.17) is 9.47 Å². The molecule has 0 aromatic heterocycles. The number of aliphatic carboxylic acids is 1. The van der Waals surface area contributed by atoms with Crippen LogP contribution in [0.1, 0.15) is 16.8 Å². The van der Waals surface area contributed by atoms with Crippen molar-refractivity contribution in [2.45, 2.75) is 16.6 Å². The highest BCUT2D eigenvalue weighted by Gasteiger charge is 2.20. The Morgan fingerprint density at radius 1 is 0.972 bits per heavy atom. The van der Waals surface area contributed by atoms with Gasteiger partial charge in [-0.15, -0.1) is 11.8 Å². The molecule has 1 unspecified atom stereocenters. The summed E-state index contributed by atoms with van der Waals surface area (Å²) in [6, 6.07) is 15.9. The number of hydrogen-bond donors (Lipinski definition) is 3. The van der Waals surface area contributed by atoms with Crippen LogP contribution in [0, 0.1) is 11.6 Å². The largest absolute Gasteiger partial charge is 0.497 e. The molecule has 0 aliphatic rings. The molecule has 0 saturated heterocycles. The fourth-order valence-electron chi connectivity index (χ4n) is 2.96. The Labute approximate surface area is 209 Å². The molecule has 0 heterocycles. The maximum Gasteiger partial charge on any atom is 0.411 e. The van der Waals surface area contributed by atoms with Crippen molar-refractivity contribution in [1.82, 2.24) is 0 Å². The zero-order valence-corrected chi connectivity index (χ0v) is 19.8. The molecule has 3 aromatic carbocycles. The predicted molar refractivity (Wildman–Crippen MR) is 131 cm³/mol. The van der Waals surface area contributed by atoms with Crippen LogP contribution >= 0.6 is 11.8 Å². The van der Waals surface area contributed by atoms with Crippen LogP contribution in [0.3, 0.4) is 0 Å². The second kappa shape index (κ2) is 12.5. The van der Waals surface area contributed by atoms with E-state index in [1.54, 1.807) is 48.5 Å². The van der Waals surface area contributed by atoms with Crippen LogP contribution in [0.2, 0.25) is 0 Å². The summed E-state index contributed by atoms with van der Waals surface area (Å²) in [7, 11) is 1.53. The number of anilines is 2. The predicted octanol–water partition coefficient (Wildman–Crippen LogP) is 5.41. The van der Waals surface area contributed by atoms with Crippen LogP contribution in [0.15, 0.2) is 71.6 Å². The second-order valence-electron chi connectivity index (χ2n) is 7.33. The number of methoxy groups -OCH3 is 1. The van der Waals surface area contributed by atoms with Crippen LogP contribution in [0.5, 0.6) is 5.75 Å². The van der Waals surface area contributed by atoms with Gasteiger partial charge in [-0.1, -0.05) is 0 Å². The molecule has 0 spiro atoms. The summed E-state index contributed by atoms with van der Waals surface area (Å²) in [5.74, 6) is -2.54. The lowest BCUT2D eigenvalue weighted by Crippen LogP contribution is -2.21. The van der Waals surface area contributed by atoms with Crippen molar-refractivity contribution in [1.29, 1.82) is 0 Å². The number of carboxylic acids is 1. The van der Waals surface area contributed by atoms with Gasteiger partial charge in [-0.3, -0.25) is 14.9 Å². The SMILES string of the molecule is COc1ccc(C(=O)Nc2ccc(SC(CCOC(=O)Nc3ccc(F)cc3F)C(=O)O)cc2)cc1. The van der Waals surface area contributed by atoms with Crippen LogP contribution < -0.4 is 15.4 Å². The molecule has 0 saturated carbocycles. The van der Waals surface area contributed by atoms with Gasteiger partial charge in [-0.25, -0.2) is 13.6 Å². The highest BCUT2D eigenvalue weighted by atomic mass is 32.2. The van der Waals surface area contributed by atoms with Gasteiger partial charge < -0.3 is 19.9 Å². The molecule has 0 aliphatic heterocycles. The number of hydrogen-bond acceptors (Lipinski definition) is 6. The van der Waals surface area contributed by atoms with Crippen molar-refractivity contribution < 1.29 is 37.7 Å². The molecule has 188 valence electrons. The molecule has 3 aromatic rings. The minimum absolute atomic E-state index is 0.0186. The van der Waals surface area contributed by atoms with Gasteiger partial charge in [-0.2, -0.15) is 0 Å². The van der Waals surface area contributed by atoms with Gasteiger partial charge in [-0.05, 0) is 60.7 Å². The first-order valence-electron chi connectivity index (χ1n) is 10.6. The Balaban J connectivity index is 1.49. The molecule has 0 aliphatic carbocycles. The van der Waals surface area contributed by atoms with Crippen molar-refractivity contribution in [2.24, 2.45) is 0 Å². The van der Waals surface area contributed by atoms with E-state index >= 15 is 0 Å². The smallest absolute Gasteiger partial charge is 0.411 e. The fourth-order valence-corrected chi connectivity index (χ4v) is 3.89. The third kappa shape index (κ3) is 7.70. The van der Waals surface area contributed by atoms with Crippen LogP contribution in [-0.2, 0) is 9.53 Å². The summed E-state index contributed by atoms with van der Waals surface area (Å²) in [6.45, 7) is -0.241. The highest BCUT2D eigenvalue weighted by molar-refractivity contribution is 8.00. The average molecular weight is 517 g/mol. The molecule has 3 N–H and O–H groups in total. The Hall–Kier alpha value is -4.12. The molecule has 3 rings (SSSR count). The average Bonchev–Trinajstić information content (AvgIpc) is 2.86. The lowest BCUT2D eigenvalue weighted by Gasteiger charge is -2.13. The first kappa shape index (κ1) is 26.5. The molecule has 36 heavy (non-hydrogen) atoms. The number of carbonyl (C=O) groups excluding carboxylic acids is 2. The van der Waals surface area contributed by atoms with Gasteiger partial charge in [0.05, 0.1) is 19.4 Å². The quantitative estimate of drug-likeness (QED) is 0.309. The molecular formula is C25H22F2N2O6S. The number of nitrogens with one attached hydrogen (secondary N) is 2. The van der Waals surface area contributed by atoms with E-state index in [1.807, 2.05) is 0 Å². The van der Waals surface area contributed by atoms with Crippen LogP contribution in [0.4, 0.5) is 25.0 Å². The number of ether oxygens (including phenoxy) is 2. The standard InChI is InChI=1S/C25H22F2N2O6S/c1-34-18-7-2-15(3-8-18)23(30)28-17-5-9-19(10-6-17)36-22(24(31)32)12-13-35-25(33)29-21-11-4-16(26)14-20(21)27/h2-11,14,22H,12-13H2,1H3,(H,28,30)(H,29,33)(H,31,32). The van der Waals surface area contributed by atoms with Crippen molar-refractivity contribution in [3.63, 3.8) is 0 Å². The number of thioether (sulfide) groups is 1. The topological polar surface area (TPSA) is 114 Å². The summed E-state index contributed by atoms with van der Waals surface area (Å²) >= 11 is 1.05. The van der Waals surface area contributed by atoms with Crippen molar-refractivity contribution in [2.75, 3.05) is 24.4 Å². The highest BCUT2D eigenvalue weighted by Crippen LogP contribution is 2.27. The molecule has 0 bridgehead atoms. The number of rotatable bonds is 10. The van der Waals surface area contributed by atoms with Crippen LogP contribution in [-0.4, -0.2) is 42.0 Å². The van der Waals surface area contributed by atoms with Crippen molar-refractivity contribution >= 4 is 41.1 Å². The van der Waals surface area contributed by atoms with E-state index in [-0.39, 0.29) is 24.6 Å². The zero-order chi connectivity index (χ0) is 26.1. The molecule has 1 atom stereocenters. The number of carboxylic acid groups (broad SMARTS) is 1. The molecular weight excluding hydrogens is 494 g/mol. The van der Waals surface area contributed by atoms with Gasteiger partial charge >= 0.3 is 12.1 Å². The number of amides is 2. The minimum atomic E-state index is -1.11. The third-order valence-corrected chi connectivity index (χ3v) is 6.07. The molecule has 8 nitrogen and oxygen atoms in total.